The number of benzene rings is 2. The van der Waals surface area contributed by atoms with Crippen LogP contribution in [0, 0.1) is 6.92 Å². The summed E-state index contributed by atoms with van der Waals surface area (Å²) in [6.07, 6.45) is 0. The molecule has 0 unspecified atom stereocenters. The average molecular weight is 394 g/mol. The Morgan fingerprint density at radius 3 is 2.74 bits per heavy atom. The average Bonchev–Trinajstić information content (AvgIpc) is 2.54. The summed E-state index contributed by atoms with van der Waals surface area (Å²) < 4.78 is 6.41. The molecule has 0 saturated carbocycles. The number of hydrogen-bond donors (Lipinski definition) is 1. The zero-order valence-electron chi connectivity index (χ0n) is 13.0. The minimum absolute atomic E-state index is 0.0458. The molecule has 1 N–H and O–H groups in total. The number of nitrogens with one attached hydrogen (secondary N) is 1. The smallest absolute Gasteiger partial charge is 0.257 e. The first kappa shape index (κ1) is 17.9. The molecule has 0 aliphatic rings. The largest absolute Gasteiger partial charge is 0.484 e. The van der Waals surface area contributed by atoms with Crippen molar-refractivity contribution in [3.63, 3.8) is 0 Å². The van der Waals surface area contributed by atoms with Gasteiger partial charge in [-0.25, -0.2) is 0 Å². The van der Waals surface area contributed by atoms with E-state index >= 15 is 0 Å². The van der Waals surface area contributed by atoms with Gasteiger partial charge in [-0.3, -0.25) is 4.79 Å². The molecule has 5 heteroatoms. The van der Waals surface area contributed by atoms with Crippen molar-refractivity contribution in [2.75, 3.05) is 18.9 Å². The first-order chi connectivity index (χ1) is 11.1. The first-order valence-corrected chi connectivity index (χ1v) is 9.36. The van der Waals surface area contributed by atoms with Crippen molar-refractivity contribution in [1.29, 1.82) is 0 Å². The van der Waals surface area contributed by atoms with Gasteiger partial charge in [-0.1, -0.05) is 45.8 Å². The van der Waals surface area contributed by atoms with Crippen molar-refractivity contribution in [2.45, 2.75) is 12.7 Å². The molecule has 0 radical (unpaired) electrons. The highest BCUT2D eigenvalue weighted by Crippen LogP contribution is 2.16. The predicted molar refractivity (Wildman–Crippen MR) is 100.0 cm³/mol. The quantitative estimate of drug-likeness (QED) is 0.683. The zero-order valence-corrected chi connectivity index (χ0v) is 15.5. The highest BCUT2D eigenvalue weighted by molar-refractivity contribution is 9.10. The Hall–Kier alpha value is -1.46. The number of hydrogen-bond acceptors (Lipinski definition) is 3. The third-order valence-electron chi connectivity index (χ3n) is 3.10. The van der Waals surface area contributed by atoms with E-state index in [1.807, 2.05) is 36.0 Å². The van der Waals surface area contributed by atoms with Crippen molar-refractivity contribution in [3.05, 3.63) is 64.1 Å². The molecule has 0 aliphatic carbocycles. The van der Waals surface area contributed by atoms with Gasteiger partial charge in [0.1, 0.15) is 5.75 Å². The van der Waals surface area contributed by atoms with E-state index in [-0.39, 0.29) is 12.5 Å². The number of carbonyl (C=O) groups is 1. The van der Waals surface area contributed by atoms with E-state index in [2.05, 4.69) is 52.4 Å². The van der Waals surface area contributed by atoms with Crippen LogP contribution in [0.4, 0.5) is 0 Å². The van der Waals surface area contributed by atoms with Gasteiger partial charge in [0.25, 0.3) is 5.91 Å². The summed E-state index contributed by atoms with van der Waals surface area (Å²) in [5, 5.41) is 2.87. The Kier molecular flexibility index (Phi) is 7.49. The van der Waals surface area contributed by atoms with E-state index < -0.39 is 0 Å². The van der Waals surface area contributed by atoms with Crippen molar-refractivity contribution >= 4 is 33.6 Å². The van der Waals surface area contributed by atoms with Crippen LogP contribution in [0.2, 0.25) is 0 Å². The summed E-state index contributed by atoms with van der Waals surface area (Å²) in [6, 6.07) is 15.9. The fraction of sp³-hybridized carbons (Fsp3) is 0.278. The molecule has 1 amide bonds. The minimum atomic E-state index is -0.0934. The van der Waals surface area contributed by atoms with Crippen molar-refractivity contribution < 1.29 is 9.53 Å². The molecule has 0 spiro atoms. The highest BCUT2D eigenvalue weighted by Gasteiger charge is 2.02. The Morgan fingerprint density at radius 1 is 1.22 bits per heavy atom. The molecule has 3 nitrogen and oxygen atoms in total. The predicted octanol–water partition coefficient (Wildman–Crippen LogP) is 4.19. The molecule has 122 valence electrons. The number of aryl methyl sites for hydroxylation is 1. The van der Waals surface area contributed by atoms with Gasteiger partial charge in [0.2, 0.25) is 0 Å². The minimum Gasteiger partial charge on any atom is -0.484 e. The molecule has 0 fully saturated rings. The Morgan fingerprint density at radius 2 is 2.00 bits per heavy atom. The normalized spacial score (nSPS) is 10.3. The SMILES string of the molecule is Cc1cccc(CSCCNC(=O)COc2ccc(Br)cc2)c1. The summed E-state index contributed by atoms with van der Waals surface area (Å²) in [5.74, 6) is 2.45. The Balaban J connectivity index is 1.57. The second kappa shape index (κ2) is 9.63. The van der Waals surface area contributed by atoms with E-state index in [0.717, 1.165) is 16.0 Å². The molecular weight excluding hydrogens is 374 g/mol. The van der Waals surface area contributed by atoms with Gasteiger partial charge in [-0.2, -0.15) is 11.8 Å². The van der Waals surface area contributed by atoms with Crippen LogP contribution >= 0.6 is 27.7 Å². The van der Waals surface area contributed by atoms with Crippen LogP contribution < -0.4 is 10.1 Å². The monoisotopic (exact) mass is 393 g/mol. The van der Waals surface area contributed by atoms with Crippen LogP contribution in [0.1, 0.15) is 11.1 Å². The fourth-order valence-corrected chi connectivity index (χ4v) is 3.06. The van der Waals surface area contributed by atoms with Crippen LogP contribution in [0.15, 0.2) is 53.0 Å². The lowest BCUT2D eigenvalue weighted by molar-refractivity contribution is -0.122. The fourth-order valence-electron chi connectivity index (χ4n) is 1.99. The Labute approximate surface area is 149 Å². The summed E-state index contributed by atoms with van der Waals surface area (Å²) in [5.41, 5.74) is 2.60. The van der Waals surface area contributed by atoms with Gasteiger partial charge in [0, 0.05) is 22.5 Å². The summed E-state index contributed by atoms with van der Waals surface area (Å²) in [7, 11) is 0. The molecule has 0 atom stereocenters. The highest BCUT2D eigenvalue weighted by atomic mass is 79.9. The lowest BCUT2D eigenvalue weighted by atomic mass is 10.2. The van der Waals surface area contributed by atoms with Gasteiger partial charge in [-0.05, 0) is 36.8 Å². The van der Waals surface area contributed by atoms with Crippen LogP contribution in [0.25, 0.3) is 0 Å². The third kappa shape index (κ3) is 7.10. The maximum absolute atomic E-state index is 11.7. The van der Waals surface area contributed by atoms with E-state index in [1.165, 1.54) is 11.1 Å². The maximum atomic E-state index is 11.7. The van der Waals surface area contributed by atoms with E-state index in [4.69, 9.17) is 4.74 Å². The van der Waals surface area contributed by atoms with Crippen LogP contribution in [-0.2, 0) is 10.5 Å². The van der Waals surface area contributed by atoms with Crippen LogP contribution in [0.5, 0.6) is 5.75 Å². The Bertz CT molecular complexity index is 631. The van der Waals surface area contributed by atoms with E-state index in [9.17, 15) is 4.79 Å². The summed E-state index contributed by atoms with van der Waals surface area (Å²) in [6.45, 7) is 2.79. The first-order valence-electron chi connectivity index (χ1n) is 7.42. The van der Waals surface area contributed by atoms with Gasteiger partial charge >= 0.3 is 0 Å². The van der Waals surface area contributed by atoms with Crippen molar-refractivity contribution in [2.24, 2.45) is 0 Å². The lowest BCUT2D eigenvalue weighted by Gasteiger charge is -2.08. The zero-order chi connectivity index (χ0) is 16.5. The molecule has 2 aromatic carbocycles. The van der Waals surface area contributed by atoms with Crippen molar-refractivity contribution in [1.82, 2.24) is 5.32 Å². The number of rotatable bonds is 8. The van der Waals surface area contributed by atoms with E-state index in [1.54, 1.807) is 0 Å². The number of halogens is 1. The van der Waals surface area contributed by atoms with Crippen LogP contribution in [-0.4, -0.2) is 24.8 Å². The molecular formula is C18H20BrNO2S. The molecule has 0 aromatic heterocycles. The third-order valence-corrected chi connectivity index (χ3v) is 4.66. The van der Waals surface area contributed by atoms with E-state index in [0.29, 0.717) is 12.3 Å². The lowest BCUT2D eigenvalue weighted by Crippen LogP contribution is -2.30. The second-order valence-electron chi connectivity index (χ2n) is 5.13. The van der Waals surface area contributed by atoms with Gasteiger partial charge in [-0.15, -0.1) is 0 Å². The van der Waals surface area contributed by atoms with Gasteiger partial charge in [0.15, 0.2) is 6.61 Å². The number of thioether (sulfide) groups is 1. The molecule has 0 saturated heterocycles. The molecule has 0 aliphatic heterocycles. The van der Waals surface area contributed by atoms with Crippen LogP contribution in [0.3, 0.4) is 0 Å². The second-order valence-corrected chi connectivity index (χ2v) is 7.16. The standard InChI is InChI=1S/C18H20BrNO2S/c1-14-3-2-4-15(11-14)13-23-10-9-20-18(21)12-22-17-7-5-16(19)6-8-17/h2-8,11H,9-10,12-13H2,1H3,(H,20,21). The molecule has 2 aromatic rings. The summed E-state index contributed by atoms with van der Waals surface area (Å²) >= 11 is 5.17. The summed E-state index contributed by atoms with van der Waals surface area (Å²) in [4.78, 5) is 11.7. The van der Waals surface area contributed by atoms with Gasteiger partial charge < -0.3 is 10.1 Å². The molecule has 23 heavy (non-hydrogen) atoms. The van der Waals surface area contributed by atoms with Crippen molar-refractivity contribution in [3.8, 4) is 5.75 Å². The maximum Gasteiger partial charge on any atom is 0.257 e. The topological polar surface area (TPSA) is 38.3 Å². The molecule has 0 heterocycles. The number of ether oxygens (including phenoxy) is 1. The molecule has 0 bridgehead atoms. The van der Waals surface area contributed by atoms with Gasteiger partial charge in [0.05, 0.1) is 0 Å². The molecule has 2 rings (SSSR count). The number of amides is 1. The number of carbonyl (C=O) groups excluding carboxylic acids is 1.